The quantitative estimate of drug-likeness (QED) is 0.189. The predicted octanol–water partition coefficient (Wildman–Crippen LogP) is 4.89. The van der Waals surface area contributed by atoms with Crippen LogP contribution in [0.3, 0.4) is 0 Å². The van der Waals surface area contributed by atoms with Gasteiger partial charge in [-0.1, -0.05) is 23.8 Å². The standard InChI is InChI=1S/C21H16BrIN2O4S/c1-14-5-8-18(9-6-14)30(27,28)29-20-10-7-15(11-19(20)22)13-24-25-21(26)16-3-2-4-17(23)12-16/h2-13H,1H3,(H,25,26)/b24-13-. The minimum Gasteiger partial charge on any atom is -0.378 e. The Kier molecular flexibility index (Phi) is 7.27. The van der Waals surface area contributed by atoms with Crippen molar-refractivity contribution < 1.29 is 17.4 Å². The normalized spacial score (nSPS) is 11.4. The molecule has 0 saturated heterocycles. The van der Waals surface area contributed by atoms with E-state index in [9.17, 15) is 13.2 Å². The first-order valence-electron chi connectivity index (χ1n) is 8.64. The van der Waals surface area contributed by atoms with Gasteiger partial charge in [-0.15, -0.1) is 0 Å². The first kappa shape index (κ1) is 22.4. The summed E-state index contributed by atoms with van der Waals surface area (Å²) < 4.78 is 31.5. The third kappa shape index (κ3) is 5.89. The SMILES string of the molecule is Cc1ccc(S(=O)(=O)Oc2ccc(/C=N\NC(=O)c3cccc(I)c3)cc2Br)cc1. The van der Waals surface area contributed by atoms with Crippen molar-refractivity contribution in [3.05, 3.63) is 91.5 Å². The van der Waals surface area contributed by atoms with Gasteiger partial charge in [-0.2, -0.15) is 13.5 Å². The van der Waals surface area contributed by atoms with Gasteiger partial charge in [-0.25, -0.2) is 5.43 Å². The molecule has 0 atom stereocenters. The zero-order valence-corrected chi connectivity index (χ0v) is 20.2. The maximum Gasteiger partial charge on any atom is 0.339 e. The van der Waals surface area contributed by atoms with Crippen molar-refractivity contribution in [1.82, 2.24) is 5.43 Å². The Hall–Kier alpha value is -2.24. The molecule has 0 aliphatic carbocycles. The molecule has 0 fully saturated rings. The van der Waals surface area contributed by atoms with Crippen LogP contribution in [0.2, 0.25) is 0 Å². The number of carbonyl (C=O) groups is 1. The number of amides is 1. The van der Waals surface area contributed by atoms with E-state index in [0.717, 1.165) is 9.13 Å². The summed E-state index contributed by atoms with van der Waals surface area (Å²) in [6.07, 6.45) is 1.45. The molecule has 6 nitrogen and oxygen atoms in total. The molecule has 0 bridgehead atoms. The lowest BCUT2D eigenvalue weighted by atomic mass is 10.2. The number of rotatable bonds is 6. The first-order chi connectivity index (χ1) is 14.2. The maximum absolute atomic E-state index is 12.4. The number of nitrogens with zero attached hydrogens (tertiary/aromatic N) is 1. The van der Waals surface area contributed by atoms with Crippen LogP contribution in [0.25, 0.3) is 0 Å². The number of hydrogen-bond acceptors (Lipinski definition) is 5. The van der Waals surface area contributed by atoms with Gasteiger partial charge in [0.15, 0.2) is 5.75 Å². The van der Waals surface area contributed by atoms with Gasteiger partial charge in [0, 0.05) is 9.13 Å². The highest BCUT2D eigenvalue weighted by atomic mass is 127. The van der Waals surface area contributed by atoms with Crippen molar-refractivity contribution in [3.63, 3.8) is 0 Å². The number of hydrogen-bond donors (Lipinski definition) is 1. The van der Waals surface area contributed by atoms with E-state index in [1.54, 1.807) is 42.5 Å². The minimum atomic E-state index is -3.95. The summed E-state index contributed by atoms with van der Waals surface area (Å²) in [5.41, 5.74) is 4.56. The van der Waals surface area contributed by atoms with Crippen molar-refractivity contribution in [1.29, 1.82) is 0 Å². The monoisotopic (exact) mass is 598 g/mol. The van der Waals surface area contributed by atoms with Gasteiger partial charge in [-0.3, -0.25) is 4.79 Å². The second-order valence-electron chi connectivity index (χ2n) is 6.25. The van der Waals surface area contributed by atoms with Crippen LogP contribution in [0.5, 0.6) is 5.75 Å². The molecule has 1 N–H and O–H groups in total. The van der Waals surface area contributed by atoms with Crippen molar-refractivity contribution in [2.24, 2.45) is 5.10 Å². The highest BCUT2D eigenvalue weighted by molar-refractivity contribution is 14.1. The van der Waals surface area contributed by atoms with E-state index in [1.807, 2.05) is 13.0 Å². The summed E-state index contributed by atoms with van der Waals surface area (Å²) in [5, 5.41) is 3.94. The van der Waals surface area contributed by atoms with Gasteiger partial charge in [-0.05, 0) is 99.5 Å². The highest BCUT2D eigenvalue weighted by Crippen LogP contribution is 2.28. The molecule has 0 heterocycles. The van der Waals surface area contributed by atoms with Crippen LogP contribution < -0.4 is 9.61 Å². The average Bonchev–Trinajstić information content (AvgIpc) is 2.70. The fourth-order valence-electron chi connectivity index (χ4n) is 2.40. The molecule has 0 aliphatic heterocycles. The van der Waals surface area contributed by atoms with Gasteiger partial charge >= 0.3 is 10.1 Å². The second kappa shape index (κ2) is 9.71. The molecule has 1 amide bonds. The Morgan fingerprint density at radius 2 is 1.83 bits per heavy atom. The molecular formula is C21H16BrIN2O4S. The molecule has 0 saturated carbocycles. The Labute approximate surface area is 196 Å². The van der Waals surface area contributed by atoms with Crippen molar-refractivity contribution in [2.45, 2.75) is 11.8 Å². The molecule has 9 heteroatoms. The van der Waals surface area contributed by atoms with E-state index in [-0.39, 0.29) is 16.6 Å². The van der Waals surface area contributed by atoms with Crippen molar-refractivity contribution >= 4 is 60.8 Å². The van der Waals surface area contributed by atoms with Gasteiger partial charge < -0.3 is 4.18 Å². The van der Waals surface area contributed by atoms with Gasteiger partial charge in [0.25, 0.3) is 5.91 Å². The van der Waals surface area contributed by atoms with Crippen molar-refractivity contribution in [2.75, 3.05) is 0 Å². The maximum atomic E-state index is 12.4. The molecule has 3 aromatic rings. The van der Waals surface area contributed by atoms with E-state index in [4.69, 9.17) is 4.18 Å². The molecule has 154 valence electrons. The Morgan fingerprint density at radius 3 is 2.50 bits per heavy atom. The third-order valence-corrected chi connectivity index (χ3v) is 6.47. The first-order valence-corrected chi connectivity index (χ1v) is 11.9. The summed E-state index contributed by atoms with van der Waals surface area (Å²) in [6.45, 7) is 1.87. The Balaban J connectivity index is 1.68. The summed E-state index contributed by atoms with van der Waals surface area (Å²) in [7, 11) is -3.95. The molecule has 0 aliphatic rings. The van der Waals surface area contributed by atoms with E-state index in [2.05, 4.69) is 49.0 Å². The van der Waals surface area contributed by atoms with Crippen molar-refractivity contribution in [3.8, 4) is 5.75 Å². The third-order valence-electron chi connectivity index (χ3n) is 3.93. The lowest BCUT2D eigenvalue weighted by molar-refractivity contribution is 0.0955. The summed E-state index contributed by atoms with van der Waals surface area (Å²) in [4.78, 5) is 12.2. The molecule has 0 unspecified atom stereocenters. The van der Waals surface area contributed by atoms with Crippen LogP contribution in [-0.4, -0.2) is 20.5 Å². The van der Waals surface area contributed by atoms with Crippen LogP contribution >= 0.6 is 38.5 Å². The number of benzene rings is 3. The number of carbonyl (C=O) groups excluding carboxylic acids is 1. The summed E-state index contributed by atoms with van der Waals surface area (Å²) >= 11 is 5.44. The zero-order chi connectivity index (χ0) is 21.7. The van der Waals surface area contributed by atoms with Crippen LogP contribution in [0, 0.1) is 10.5 Å². The number of nitrogens with one attached hydrogen (secondary N) is 1. The Morgan fingerprint density at radius 1 is 1.10 bits per heavy atom. The smallest absolute Gasteiger partial charge is 0.339 e. The molecule has 0 spiro atoms. The lowest BCUT2D eigenvalue weighted by Gasteiger charge is -2.09. The lowest BCUT2D eigenvalue weighted by Crippen LogP contribution is -2.17. The zero-order valence-electron chi connectivity index (χ0n) is 15.7. The van der Waals surface area contributed by atoms with E-state index in [1.165, 1.54) is 24.4 Å². The molecule has 0 aromatic heterocycles. The minimum absolute atomic E-state index is 0.0731. The van der Waals surface area contributed by atoms with E-state index >= 15 is 0 Å². The molecule has 30 heavy (non-hydrogen) atoms. The molecule has 0 radical (unpaired) electrons. The van der Waals surface area contributed by atoms with Gasteiger partial charge in [0.1, 0.15) is 4.90 Å². The fourth-order valence-corrected chi connectivity index (χ4v) is 4.47. The van der Waals surface area contributed by atoms with Crippen LogP contribution in [0.4, 0.5) is 0 Å². The summed E-state index contributed by atoms with van der Waals surface area (Å²) in [5.74, 6) is -0.177. The molecule has 3 rings (SSSR count). The van der Waals surface area contributed by atoms with Crippen LogP contribution in [0.1, 0.15) is 21.5 Å². The summed E-state index contributed by atoms with van der Waals surface area (Å²) in [6, 6.07) is 18.3. The van der Waals surface area contributed by atoms with E-state index in [0.29, 0.717) is 15.6 Å². The van der Waals surface area contributed by atoms with Crippen LogP contribution in [-0.2, 0) is 10.1 Å². The van der Waals surface area contributed by atoms with Gasteiger partial charge in [0.2, 0.25) is 0 Å². The predicted molar refractivity (Wildman–Crippen MR) is 127 cm³/mol. The highest BCUT2D eigenvalue weighted by Gasteiger charge is 2.18. The molecular weight excluding hydrogens is 583 g/mol. The average molecular weight is 599 g/mol. The van der Waals surface area contributed by atoms with Crippen LogP contribution in [0.15, 0.2) is 81.2 Å². The van der Waals surface area contributed by atoms with E-state index < -0.39 is 10.1 Å². The number of halogens is 2. The Bertz CT molecular complexity index is 1210. The number of hydrazone groups is 1. The van der Waals surface area contributed by atoms with Gasteiger partial charge in [0.05, 0.1) is 10.7 Å². The molecule has 3 aromatic carbocycles. The fraction of sp³-hybridized carbons (Fsp3) is 0.0476. The topological polar surface area (TPSA) is 84.8 Å². The largest absolute Gasteiger partial charge is 0.378 e. The second-order valence-corrected chi connectivity index (χ2v) is 9.90. The number of aryl methyl sites for hydroxylation is 1.